The predicted octanol–water partition coefficient (Wildman–Crippen LogP) is 3.61. The molecule has 0 amide bonds. The minimum Gasteiger partial charge on any atom is -0.295 e. The van der Waals surface area contributed by atoms with Crippen LogP contribution in [0.2, 0.25) is 5.02 Å². The molecule has 0 radical (unpaired) electrons. The van der Waals surface area contributed by atoms with Crippen LogP contribution in [0.3, 0.4) is 0 Å². The number of halogens is 3. The van der Waals surface area contributed by atoms with Crippen molar-refractivity contribution in [1.29, 1.82) is 0 Å². The number of nitrogens with zero attached hydrogens (tertiary/aromatic N) is 4. The van der Waals surface area contributed by atoms with E-state index in [9.17, 15) is 13.0 Å². The molecule has 25 heavy (non-hydrogen) atoms. The maximum atomic E-state index is 12.7. The molecular weight excluding hydrogens is 392 g/mol. The van der Waals surface area contributed by atoms with Crippen LogP contribution in [-0.4, -0.2) is 29.3 Å². The van der Waals surface area contributed by atoms with Crippen molar-refractivity contribution in [2.75, 3.05) is 0 Å². The number of hydrogen-bond donors (Lipinski definition) is 1. The highest BCUT2D eigenvalue weighted by Gasteiger charge is 2.39. The summed E-state index contributed by atoms with van der Waals surface area (Å²) < 4.78 is 42.7. The van der Waals surface area contributed by atoms with Gasteiger partial charge in [-0.25, -0.2) is 22.7 Å². The van der Waals surface area contributed by atoms with E-state index < -0.39 is 17.4 Å². The number of rotatable bonds is 5. The van der Waals surface area contributed by atoms with Crippen LogP contribution in [0.1, 0.15) is 31.2 Å². The van der Waals surface area contributed by atoms with E-state index in [4.69, 9.17) is 11.6 Å². The van der Waals surface area contributed by atoms with Gasteiger partial charge in [0.2, 0.25) is 0 Å². The number of alkyl halides is 2. The second kappa shape index (κ2) is 6.04. The van der Waals surface area contributed by atoms with Gasteiger partial charge < -0.3 is 0 Å². The molecule has 1 atom stereocenters. The molecule has 0 saturated heterocycles. The van der Waals surface area contributed by atoms with Gasteiger partial charge in [0.05, 0.1) is 21.6 Å². The summed E-state index contributed by atoms with van der Waals surface area (Å²) in [5, 5.41) is 7.49. The summed E-state index contributed by atoms with van der Waals surface area (Å²) in [6, 6.07) is 1.61. The Labute approximate surface area is 152 Å². The zero-order valence-corrected chi connectivity index (χ0v) is 15.3. The third-order valence-electron chi connectivity index (χ3n) is 3.94. The van der Waals surface area contributed by atoms with Gasteiger partial charge in [0.1, 0.15) is 11.0 Å². The topological polar surface area (TPSA) is 72.2 Å². The largest absolute Gasteiger partial charge is 0.295 e. The van der Waals surface area contributed by atoms with Crippen LogP contribution in [0.25, 0.3) is 16.3 Å². The first-order valence-electron chi connectivity index (χ1n) is 7.34. The lowest BCUT2D eigenvalue weighted by Gasteiger charge is -2.11. The molecule has 3 aromatic heterocycles. The zero-order valence-electron chi connectivity index (χ0n) is 12.9. The highest BCUT2D eigenvalue weighted by molar-refractivity contribution is 7.83. The van der Waals surface area contributed by atoms with E-state index in [2.05, 4.69) is 19.9 Å². The van der Waals surface area contributed by atoms with Crippen LogP contribution < -0.4 is 4.72 Å². The first-order valence-corrected chi connectivity index (χ1v) is 9.69. The summed E-state index contributed by atoms with van der Waals surface area (Å²) in [7, 11) is -1.44. The molecule has 1 fully saturated rings. The Morgan fingerprint density at radius 2 is 2.20 bits per heavy atom. The van der Waals surface area contributed by atoms with Crippen LogP contribution in [0.4, 0.5) is 8.78 Å². The fourth-order valence-corrected chi connectivity index (χ4v) is 4.49. The minimum atomic E-state index is -2.69. The van der Waals surface area contributed by atoms with Gasteiger partial charge in [0, 0.05) is 11.7 Å². The van der Waals surface area contributed by atoms with E-state index in [0.717, 1.165) is 24.2 Å². The number of hydrogen-bond acceptors (Lipinski definition) is 5. The molecule has 6 nitrogen and oxygen atoms in total. The Morgan fingerprint density at radius 3 is 2.84 bits per heavy atom. The minimum absolute atomic E-state index is 0.116. The van der Waals surface area contributed by atoms with Crippen molar-refractivity contribution in [3.63, 3.8) is 0 Å². The van der Waals surface area contributed by atoms with Gasteiger partial charge in [-0.3, -0.25) is 4.40 Å². The third-order valence-corrected chi connectivity index (χ3v) is 6.50. The third kappa shape index (κ3) is 3.19. The maximum Gasteiger partial charge on any atom is 0.291 e. The Bertz CT molecular complexity index is 985. The number of imidazole rings is 1. The molecule has 0 aromatic carbocycles. The van der Waals surface area contributed by atoms with Crippen molar-refractivity contribution in [3.8, 4) is 10.8 Å². The van der Waals surface area contributed by atoms with Crippen LogP contribution >= 0.6 is 22.9 Å². The first kappa shape index (κ1) is 17.0. The fraction of sp³-hybridized carbons (Fsp3) is 0.357. The predicted molar refractivity (Wildman–Crippen MR) is 91.2 cm³/mol. The molecule has 11 heteroatoms. The number of pyridine rings is 1. The van der Waals surface area contributed by atoms with Gasteiger partial charge in [-0.1, -0.05) is 22.9 Å². The smallest absolute Gasteiger partial charge is 0.291 e. The van der Waals surface area contributed by atoms with Gasteiger partial charge in [-0.05, 0) is 25.8 Å². The number of aromatic nitrogens is 4. The van der Waals surface area contributed by atoms with Crippen molar-refractivity contribution in [2.24, 2.45) is 0 Å². The second-order valence-corrected chi connectivity index (χ2v) is 8.67. The average molecular weight is 404 g/mol. The normalized spacial score (nSPS) is 17.3. The van der Waals surface area contributed by atoms with Crippen molar-refractivity contribution in [2.45, 2.75) is 36.6 Å². The standard InChI is InChI=1S/C14H12ClF2N5OS2/c1-14(2-3-14)21-25(23)7-4-8(15)9-5-18-11(22(9)6-7)13-20-19-12(24-13)10(16)17/h4-6,10,21H,2-3H2,1H3. The van der Waals surface area contributed by atoms with Crippen LogP contribution in [-0.2, 0) is 11.0 Å². The van der Waals surface area contributed by atoms with E-state index >= 15 is 0 Å². The Morgan fingerprint density at radius 1 is 1.44 bits per heavy atom. The molecule has 3 aromatic rings. The number of nitrogens with one attached hydrogen (secondary N) is 1. The summed E-state index contributed by atoms with van der Waals surface area (Å²) in [5.41, 5.74) is 0.457. The van der Waals surface area contributed by atoms with Crippen molar-refractivity contribution in [3.05, 3.63) is 28.5 Å². The van der Waals surface area contributed by atoms with Crippen LogP contribution in [0.15, 0.2) is 23.4 Å². The molecule has 0 spiro atoms. The lowest BCUT2D eigenvalue weighted by molar-refractivity contribution is 0.150. The van der Waals surface area contributed by atoms with E-state index in [1.165, 1.54) is 6.20 Å². The Kier molecular flexibility index (Phi) is 4.10. The van der Waals surface area contributed by atoms with Crippen LogP contribution in [0, 0.1) is 0 Å². The fourth-order valence-electron chi connectivity index (χ4n) is 2.28. The summed E-state index contributed by atoms with van der Waals surface area (Å²) >= 11 is 7.04. The quantitative estimate of drug-likeness (QED) is 0.706. The summed E-state index contributed by atoms with van der Waals surface area (Å²) in [6.07, 6.45) is 2.39. The molecule has 132 valence electrons. The van der Waals surface area contributed by atoms with E-state index in [-0.39, 0.29) is 15.6 Å². The molecule has 1 N–H and O–H groups in total. The Balaban J connectivity index is 1.76. The van der Waals surface area contributed by atoms with Crippen molar-refractivity contribution >= 4 is 39.4 Å². The van der Waals surface area contributed by atoms with E-state index in [1.54, 1.807) is 16.7 Å². The highest BCUT2D eigenvalue weighted by atomic mass is 35.5. The lowest BCUT2D eigenvalue weighted by atomic mass is 10.4. The van der Waals surface area contributed by atoms with Crippen LogP contribution in [0.5, 0.6) is 0 Å². The maximum absolute atomic E-state index is 12.7. The van der Waals surface area contributed by atoms with Gasteiger partial charge in [-0.2, -0.15) is 0 Å². The summed E-state index contributed by atoms with van der Waals surface area (Å²) in [6.45, 7) is 2.00. The molecule has 3 heterocycles. The van der Waals surface area contributed by atoms with Crippen molar-refractivity contribution in [1.82, 2.24) is 24.3 Å². The second-order valence-electron chi connectivity index (χ2n) is 6.04. The summed E-state index contributed by atoms with van der Waals surface area (Å²) in [5.74, 6) is 0.331. The molecule has 1 aliphatic rings. The average Bonchev–Trinajstić information content (AvgIpc) is 2.99. The molecule has 0 bridgehead atoms. The van der Waals surface area contributed by atoms with Gasteiger partial charge in [-0.15, -0.1) is 10.2 Å². The van der Waals surface area contributed by atoms with Gasteiger partial charge in [0.15, 0.2) is 15.8 Å². The van der Waals surface area contributed by atoms with Gasteiger partial charge in [0.25, 0.3) is 6.43 Å². The monoisotopic (exact) mass is 403 g/mol. The van der Waals surface area contributed by atoms with E-state index in [1.807, 2.05) is 6.92 Å². The number of fused-ring (bicyclic) bond motifs is 1. The Hall–Kier alpha value is -1.49. The molecule has 1 aliphatic carbocycles. The van der Waals surface area contributed by atoms with E-state index in [0.29, 0.717) is 21.3 Å². The summed E-state index contributed by atoms with van der Waals surface area (Å²) in [4.78, 5) is 4.68. The van der Waals surface area contributed by atoms with Crippen molar-refractivity contribution < 1.29 is 13.0 Å². The molecule has 1 saturated carbocycles. The molecular formula is C14H12ClF2N5OS2. The molecule has 1 unspecified atom stereocenters. The first-order chi connectivity index (χ1) is 11.9. The lowest BCUT2D eigenvalue weighted by Crippen LogP contribution is -2.29. The molecule has 0 aliphatic heterocycles. The SMILES string of the molecule is CC1(NS(=O)c2cc(Cl)c3cnc(-c4nnc(C(F)F)s4)n3c2)CC1. The molecule has 4 rings (SSSR count). The zero-order chi connectivity index (χ0) is 17.8. The highest BCUT2D eigenvalue weighted by Crippen LogP contribution is 2.36. The van der Waals surface area contributed by atoms with Gasteiger partial charge >= 0.3 is 0 Å².